The molecule has 134 valence electrons. The van der Waals surface area contributed by atoms with Crippen LogP contribution < -0.4 is 0 Å². The summed E-state index contributed by atoms with van der Waals surface area (Å²) in [5, 5.41) is 8.09. The molecule has 1 unspecified atom stereocenters. The molecule has 1 atom stereocenters. The molecule has 4 nitrogen and oxygen atoms in total. The highest BCUT2D eigenvalue weighted by molar-refractivity contribution is 7.86. The highest BCUT2D eigenvalue weighted by atomic mass is 32.2. The molecule has 0 saturated heterocycles. The van der Waals surface area contributed by atoms with Crippen molar-refractivity contribution in [2.24, 2.45) is 0 Å². The molecule has 2 N–H and O–H groups in total. The number of rotatable bonds is 16. The van der Waals surface area contributed by atoms with Crippen molar-refractivity contribution in [3.8, 4) is 0 Å². The van der Waals surface area contributed by atoms with Gasteiger partial charge in [-0.05, 0) is 25.7 Å². The molecule has 0 aromatic carbocycles. The Balaban J connectivity index is 3.59. The quantitative estimate of drug-likeness (QED) is 0.316. The molecule has 0 spiro atoms. The van der Waals surface area contributed by atoms with Crippen molar-refractivity contribution in [2.45, 2.75) is 102 Å². The van der Waals surface area contributed by atoms with E-state index in [0.717, 1.165) is 19.3 Å². The number of aliphatic hydroxyl groups is 1. The average Bonchev–Trinajstić information content (AvgIpc) is 2.46. The van der Waals surface area contributed by atoms with Gasteiger partial charge in [0.15, 0.2) is 0 Å². The summed E-state index contributed by atoms with van der Waals surface area (Å²) in [6.07, 6.45) is 14.4. The zero-order valence-corrected chi connectivity index (χ0v) is 15.1. The van der Waals surface area contributed by atoms with Crippen LogP contribution in [0.15, 0.2) is 0 Å². The van der Waals surface area contributed by atoms with Crippen LogP contribution in [0.5, 0.6) is 0 Å². The Morgan fingerprint density at radius 3 is 1.55 bits per heavy atom. The minimum absolute atomic E-state index is 0.0798. The van der Waals surface area contributed by atoms with E-state index in [1.54, 1.807) is 0 Å². The molecule has 0 aromatic rings. The van der Waals surface area contributed by atoms with Crippen LogP contribution in [0.3, 0.4) is 0 Å². The normalized spacial score (nSPS) is 13.4. The fraction of sp³-hybridized carbons (Fsp3) is 1.00. The van der Waals surface area contributed by atoms with E-state index < -0.39 is 15.4 Å². The van der Waals surface area contributed by atoms with Crippen molar-refractivity contribution in [1.82, 2.24) is 0 Å². The molecule has 0 aliphatic rings. The predicted octanol–water partition coefficient (Wildman–Crippen LogP) is 4.72. The summed E-state index contributed by atoms with van der Waals surface area (Å²) in [6, 6.07) is 0. The van der Waals surface area contributed by atoms with Gasteiger partial charge in [0.2, 0.25) is 0 Å². The molecular formula is C17H36O4S. The molecule has 0 rings (SSSR count). The van der Waals surface area contributed by atoms with Gasteiger partial charge in [-0.3, -0.25) is 4.55 Å². The maximum atomic E-state index is 11.3. The van der Waals surface area contributed by atoms with Gasteiger partial charge in [0.05, 0.1) is 5.25 Å². The second-order valence-electron chi connectivity index (χ2n) is 6.33. The smallest absolute Gasteiger partial charge is 0.267 e. The first-order valence-electron chi connectivity index (χ1n) is 9.09. The summed E-state index contributed by atoms with van der Waals surface area (Å²) in [6.45, 7) is 2.31. The van der Waals surface area contributed by atoms with Crippen molar-refractivity contribution in [3.63, 3.8) is 0 Å². The Hall–Kier alpha value is -0.130. The van der Waals surface area contributed by atoms with E-state index in [1.165, 1.54) is 44.9 Å². The number of hydrogen-bond donors (Lipinski definition) is 2. The third kappa shape index (κ3) is 13.5. The molecule has 0 bridgehead atoms. The summed E-state index contributed by atoms with van der Waals surface area (Å²) in [5.74, 6) is 0. The molecule has 22 heavy (non-hydrogen) atoms. The molecule has 5 heteroatoms. The van der Waals surface area contributed by atoms with Gasteiger partial charge in [0.1, 0.15) is 0 Å². The van der Waals surface area contributed by atoms with E-state index in [2.05, 4.69) is 6.92 Å². The van der Waals surface area contributed by atoms with E-state index >= 15 is 0 Å². The summed E-state index contributed by atoms with van der Waals surface area (Å²) in [7, 11) is -3.94. The lowest BCUT2D eigenvalue weighted by Gasteiger charge is -2.13. The molecule has 0 fully saturated rings. The zero-order valence-electron chi connectivity index (χ0n) is 14.3. The summed E-state index contributed by atoms with van der Waals surface area (Å²) in [5.41, 5.74) is 0. The fourth-order valence-corrected chi connectivity index (χ4v) is 3.71. The van der Waals surface area contributed by atoms with Gasteiger partial charge in [-0.1, -0.05) is 71.1 Å². The lowest BCUT2D eigenvalue weighted by Crippen LogP contribution is -2.20. The van der Waals surface area contributed by atoms with Gasteiger partial charge in [0.25, 0.3) is 10.1 Å². The van der Waals surface area contributed by atoms with E-state index in [1.807, 2.05) is 0 Å². The van der Waals surface area contributed by atoms with Crippen molar-refractivity contribution >= 4 is 10.1 Å². The summed E-state index contributed by atoms with van der Waals surface area (Å²) >= 11 is 0. The highest BCUT2D eigenvalue weighted by Crippen LogP contribution is 2.18. The molecule has 0 aliphatic carbocycles. The third-order valence-corrected chi connectivity index (χ3v) is 5.55. The van der Waals surface area contributed by atoms with Gasteiger partial charge >= 0.3 is 0 Å². The van der Waals surface area contributed by atoms with Crippen LogP contribution in [-0.4, -0.2) is 29.9 Å². The van der Waals surface area contributed by atoms with Crippen molar-refractivity contribution in [2.75, 3.05) is 6.61 Å². The Kier molecular flexibility index (Phi) is 14.4. The fourth-order valence-electron chi connectivity index (χ4n) is 2.79. The Bertz CT molecular complexity index is 328. The monoisotopic (exact) mass is 336 g/mol. The molecule has 0 saturated carbocycles. The molecule has 0 heterocycles. The van der Waals surface area contributed by atoms with Crippen LogP contribution in [0.25, 0.3) is 0 Å². The topological polar surface area (TPSA) is 74.6 Å². The van der Waals surface area contributed by atoms with Crippen molar-refractivity contribution < 1.29 is 18.1 Å². The first kappa shape index (κ1) is 21.9. The van der Waals surface area contributed by atoms with Crippen LogP contribution in [0.2, 0.25) is 0 Å². The summed E-state index contributed by atoms with van der Waals surface area (Å²) < 4.78 is 31.9. The first-order chi connectivity index (χ1) is 10.5. The van der Waals surface area contributed by atoms with Crippen LogP contribution in [-0.2, 0) is 10.1 Å². The van der Waals surface area contributed by atoms with Gasteiger partial charge in [0, 0.05) is 6.61 Å². The number of aliphatic hydroxyl groups excluding tert-OH is 1. The van der Waals surface area contributed by atoms with E-state index in [9.17, 15) is 13.0 Å². The largest absolute Gasteiger partial charge is 0.396 e. The number of hydrogen-bond acceptors (Lipinski definition) is 3. The Morgan fingerprint density at radius 2 is 1.14 bits per heavy atom. The standard InChI is InChI=1S/C17H36O4S/c1-2-3-4-5-6-7-8-9-10-11-14-17(22(19,20)21)15-12-13-16-18/h17-18H,2-16H2,1H3,(H,19,20,21). The van der Waals surface area contributed by atoms with Gasteiger partial charge in [-0.2, -0.15) is 8.42 Å². The van der Waals surface area contributed by atoms with Gasteiger partial charge in [-0.15, -0.1) is 0 Å². The molecular weight excluding hydrogens is 300 g/mol. The maximum absolute atomic E-state index is 11.3. The summed E-state index contributed by atoms with van der Waals surface area (Å²) in [4.78, 5) is 0. The second-order valence-corrected chi connectivity index (χ2v) is 8.02. The SMILES string of the molecule is CCCCCCCCCCCCC(CCCCO)S(=O)(=O)O. The van der Waals surface area contributed by atoms with Gasteiger partial charge in [-0.25, -0.2) is 0 Å². The minimum Gasteiger partial charge on any atom is -0.396 e. The first-order valence-corrected chi connectivity index (χ1v) is 10.6. The Morgan fingerprint density at radius 1 is 0.727 bits per heavy atom. The minimum atomic E-state index is -3.94. The molecule has 0 aromatic heterocycles. The van der Waals surface area contributed by atoms with Crippen LogP contribution in [0, 0.1) is 0 Å². The second kappa shape index (κ2) is 14.5. The lowest BCUT2D eigenvalue weighted by atomic mass is 10.0. The highest BCUT2D eigenvalue weighted by Gasteiger charge is 2.21. The lowest BCUT2D eigenvalue weighted by molar-refractivity contribution is 0.281. The molecule has 0 radical (unpaired) electrons. The molecule has 0 amide bonds. The predicted molar refractivity (Wildman–Crippen MR) is 92.7 cm³/mol. The maximum Gasteiger partial charge on any atom is 0.267 e. The zero-order chi connectivity index (χ0) is 16.7. The molecule has 0 aliphatic heterocycles. The average molecular weight is 337 g/mol. The van der Waals surface area contributed by atoms with E-state index in [0.29, 0.717) is 25.7 Å². The van der Waals surface area contributed by atoms with E-state index in [-0.39, 0.29) is 6.61 Å². The Labute approximate surface area is 137 Å². The van der Waals surface area contributed by atoms with E-state index in [4.69, 9.17) is 5.11 Å². The van der Waals surface area contributed by atoms with Crippen molar-refractivity contribution in [1.29, 1.82) is 0 Å². The number of unbranched alkanes of at least 4 members (excludes halogenated alkanes) is 10. The third-order valence-electron chi connectivity index (χ3n) is 4.24. The van der Waals surface area contributed by atoms with Crippen LogP contribution in [0.1, 0.15) is 96.8 Å². The van der Waals surface area contributed by atoms with Gasteiger partial charge < -0.3 is 5.11 Å². The van der Waals surface area contributed by atoms with Crippen LogP contribution >= 0.6 is 0 Å². The van der Waals surface area contributed by atoms with Crippen molar-refractivity contribution in [3.05, 3.63) is 0 Å². The van der Waals surface area contributed by atoms with Crippen LogP contribution in [0.4, 0.5) is 0 Å².